The molecule has 0 radical (unpaired) electrons. The third-order valence-electron chi connectivity index (χ3n) is 2.56. The highest BCUT2D eigenvalue weighted by Crippen LogP contribution is 2.13. The summed E-state index contributed by atoms with van der Waals surface area (Å²) in [6, 6.07) is 10.3. The predicted octanol–water partition coefficient (Wildman–Crippen LogP) is 1.38. The van der Waals surface area contributed by atoms with Gasteiger partial charge >= 0.3 is 0 Å². The standard InChI is InChI=1S/C13H15N5O/c1-18(2)12-8-7-11(16-17-12)15-13(19)9-5-3-4-6-10(9)14/h3-8H,14H2,1-2H3,(H,15,16,19). The largest absolute Gasteiger partial charge is 0.398 e. The number of amides is 1. The lowest BCUT2D eigenvalue weighted by Crippen LogP contribution is -2.16. The van der Waals surface area contributed by atoms with Gasteiger partial charge < -0.3 is 16.0 Å². The van der Waals surface area contributed by atoms with Gasteiger partial charge in [-0.15, -0.1) is 10.2 Å². The number of hydrogen-bond acceptors (Lipinski definition) is 5. The maximum atomic E-state index is 12.0. The number of benzene rings is 1. The van der Waals surface area contributed by atoms with Crippen LogP contribution in [0.2, 0.25) is 0 Å². The second-order valence-corrected chi connectivity index (χ2v) is 4.21. The molecule has 0 aliphatic carbocycles. The highest BCUT2D eigenvalue weighted by Gasteiger charge is 2.10. The Morgan fingerprint density at radius 3 is 2.47 bits per heavy atom. The Morgan fingerprint density at radius 2 is 1.89 bits per heavy atom. The summed E-state index contributed by atoms with van der Waals surface area (Å²) in [6.07, 6.45) is 0. The number of nitrogen functional groups attached to an aromatic ring is 1. The number of nitrogens with one attached hydrogen (secondary N) is 1. The van der Waals surface area contributed by atoms with Gasteiger partial charge in [-0.25, -0.2) is 0 Å². The lowest BCUT2D eigenvalue weighted by Gasteiger charge is -2.10. The van der Waals surface area contributed by atoms with Gasteiger partial charge in [0, 0.05) is 19.8 Å². The fourth-order valence-corrected chi connectivity index (χ4v) is 1.52. The Bertz CT molecular complexity index is 580. The van der Waals surface area contributed by atoms with Crippen LogP contribution in [0.3, 0.4) is 0 Å². The molecule has 1 aromatic carbocycles. The van der Waals surface area contributed by atoms with E-state index in [1.165, 1.54) is 0 Å². The van der Waals surface area contributed by atoms with E-state index < -0.39 is 0 Å². The first-order valence-electron chi connectivity index (χ1n) is 5.75. The SMILES string of the molecule is CN(C)c1ccc(NC(=O)c2ccccc2N)nn1. The topological polar surface area (TPSA) is 84.1 Å². The van der Waals surface area contributed by atoms with Gasteiger partial charge in [-0.05, 0) is 24.3 Å². The van der Waals surface area contributed by atoms with Gasteiger partial charge in [0.1, 0.15) is 0 Å². The summed E-state index contributed by atoms with van der Waals surface area (Å²) in [5, 5.41) is 10.6. The first-order valence-corrected chi connectivity index (χ1v) is 5.75. The van der Waals surface area contributed by atoms with Gasteiger partial charge in [0.2, 0.25) is 0 Å². The molecule has 6 nitrogen and oxygen atoms in total. The summed E-state index contributed by atoms with van der Waals surface area (Å²) in [5.74, 6) is 0.807. The van der Waals surface area contributed by atoms with E-state index in [2.05, 4.69) is 15.5 Å². The molecule has 1 heterocycles. The van der Waals surface area contributed by atoms with Crippen molar-refractivity contribution in [3.05, 3.63) is 42.0 Å². The quantitative estimate of drug-likeness (QED) is 0.811. The summed E-state index contributed by atoms with van der Waals surface area (Å²) < 4.78 is 0. The molecule has 3 N–H and O–H groups in total. The molecule has 0 aliphatic heterocycles. The van der Waals surface area contributed by atoms with Crippen LogP contribution in [0.4, 0.5) is 17.3 Å². The molecule has 0 fully saturated rings. The molecule has 2 aromatic rings. The van der Waals surface area contributed by atoms with Crippen LogP contribution in [0.25, 0.3) is 0 Å². The van der Waals surface area contributed by atoms with E-state index in [-0.39, 0.29) is 5.91 Å². The number of hydrogen-bond donors (Lipinski definition) is 2. The Kier molecular flexibility index (Phi) is 3.61. The maximum absolute atomic E-state index is 12.0. The number of nitrogens with zero attached hydrogens (tertiary/aromatic N) is 3. The fourth-order valence-electron chi connectivity index (χ4n) is 1.52. The Hall–Kier alpha value is -2.63. The summed E-state index contributed by atoms with van der Waals surface area (Å²) >= 11 is 0. The molecule has 1 amide bonds. The zero-order valence-corrected chi connectivity index (χ0v) is 10.8. The van der Waals surface area contributed by atoms with Crippen LogP contribution in [0.1, 0.15) is 10.4 Å². The van der Waals surface area contributed by atoms with Crippen LogP contribution in [-0.2, 0) is 0 Å². The molecule has 1 aromatic heterocycles. The third-order valence-corrected chi connectivity index (χ3v) is 2.56. The smallest absolute Gasteiger partial charge is 0.258 e. The van der Waals surface area contributed by atoms with Crippen LogP contribution in [0, 0.1) is 0 Å². The van der Waals surface area contributed by atoms with Gasteiger partial charge in [0.25, 0.3) is 5.91 Å². The van der Waals surface area contributed by atoms with E-state index >= 15 is 0 Å². The van der Waals surface area contributed by atoms with Gasteiger partial charge in [-0.2, -0.15) is 0 Å². The molecule has 0 aliphatic rings. The molecule has 0 bridgehead atoms. The molecule has 19 heavy (non-hydrogen) atoms. The van der Waals surface area contributed by atoms with E-state index in [0.717, 1.165) is 5.82 Å². The number of carbonyl (C=O) groups excluding carboxylic acids is 1. The van der Waals surface area contributed by atoms with Crippen LogP contribution in [-0.4, -0.2) is 30.2 Å². The van der Waals surface area contributed by atoms with Gasteiger partial charge in [-0.1, -0.05) is 12.1 Å². The van der Waals surface area contributed by atoms with E-state index in [1.54, 1.807) is 36.4 Å². The minimum Gasteiger partial charge on any atom is -0.398 e. The zero-order chi connectivity index (χ0) is 13.8. The van der Waals surface area contributed by atoms with Crippen molar-refractivity contribution in [2.45, 2.75) is 0 Å². The van der Waals surface area contributed by atoms with Gasteiger partial charge in [0.15, 0.2) is 11.6 Å². The minimum absolute atomic E-state index is 0.301. The molecule has 0 unspecified atom stereocenters. The van der Waals surface area contributed by atoms with Crippen LogP contribution in [0.5, 0.6) is 0 Å². The lowest BCUT2D eigenvalue weighted by molar-refractivity contribution is 0.102. The van der Waals surface area contributed by atoms with E-state index in [4.69, 9.17) is 5.73 Å². The Balaban J connectivity index is 2.13. The number of anilines is 3. The number of rotatable bonds is 3. The third kappa shape index (κ3) is 2.98. The molecular formula is C13H15N5O. The predicted molar refractivity (Wildman–Crippen MR) is 75.2 cm³/mol. The highest BCUT2D eigenvalue weighted by molar-refractivity contribution is 6.07. The van der Waals surface area contributed by atoms with Crippen molar-refractivity contribution >= 4 is 23.2 Å². The normalized spacial score (nSPS) is 10.0. The highest BCUT2D eigenvalue weighted by atomic mass is 16.1. The average Bonchev–Trinajstić information content (AvgIpc) is 2.39. The molecule has 0 atom stereocenters. The van der Waals surface area contributed by atoms with Gasteiger partial charge in [0.05, 0.1) is 5.56 Å². The molecule has 98 valence electrons. The molecule has 2 rings (SSSR count). The summed E-state index contributed by atoms with van der Waals surface area (Å²) in [7, 11) is 3.74. The van der Waals surface area contributed by atoms with E-state index in [1.807, 2.05) is 19.0 Å². The van der Waals surface area contributed by atoms with Gasteiger partial charge in [-0.3, -0.25) is 4.79 Å². The first-order chi connectivity index (χ1) is 9.08. The zero-order valence-electron chi connectivity index (χ0n) is 10.8. The maximum Gasteiger partial charge on any atom is 0.258 e. The van der Waals surface area contributed by atoms with Crippen molar-refractivity contribution in [1.29, 1.82) is 0 Å². The lowest BCUT2D eigenvalue weighted by atomic mass is 10.1. The Labute approximate surface area is 111 Å². The summed E-state index contributed by atoms with van der Waals surface area (Å²) in [6.45, 7) is 0. The van der Waals surface area contributed by atoms with Crippen molar-refractivity contribution in [3.8, 4) is 0 Å². The minimum atomic E-state index is -0.301. The molecule has 0 saturated carbocycles. The van der Waals surface area contributed by atoms with E-state index in [9.17, 15) is 4.79 Å². The van der Waals surface area contributed by atoms with Crippen molar-refractivity contribution in [3.63, 3.8) is 0 Å². The monoisotopic (exact) mass is 257 g/mol. The second-order valence-electron chi connectivity index (χ2n) is 4.21. The van der Waals surface area contributed by atoms with Crippen molar-refractivity contribution in [2.75, 3.05) is 30.0 Å². The molecular weight excluding hydrogens is 242 g/mol. The van der Waals surface area contributed by atoms with Crippen LogP contribution in [0.15, 0.2) is 36.4 Å². The summed E-state index contributed by atoms with van der Waals surface area (Å²) in [4.78, 5) is 13.8. The Morgan fingerprint density at radius 1 is 1.16 bits per heavy atom. The summed E-state index contributed by atoms with van der Waals surface area (Å²) in [5.41, 5.74) is 6.58. The average molecular weight is 257 g/mol. The number of nitrogens with two attached hydrogens (primary N) is 1. The van der Waals surface area contributed by atoms with E-state index in [0.29, 0.717) is 17.1 Å². The van der Waals surface area contributed by atoms with Crippen LogP contribution < -0.4 is 16.0 Å². The number of carbonyl (C=O) groups is 1. The van der Waals surface area contributed by atoms with Crippen molar-refractivity contribution in [2.24, 2.45) is 0 Å². The van der Waals surface area contributed by atoms with Crippen molar-refractivity contribution < 1.29 is 4.79 Å². The molecule has 0 saturated heterocycles. The number of aromatic nitrogens is 2. The van der Waals surface area contributed by atoms with Crippen molar-refractivity contribution in [1.82, 2.24) is 10.2 Å². The van der Waals surface area contributed by atoms with Crippen LogP contribution >= 0.6 is 0 Å². The number of para-hydroxylation sites is 1. The first kappa shape index (κ1) is 12.8. The molecule has 6 heteroatoms. The molecule has 0 spiro atoms. The second kappa shape index (κ2) is 5.34. The fraction of sp³-hybridized carbons (Fsp3) is 0.154.